The second-order valence-corrected chi connectivity index (χ2v) is 21.4. The second kappa shape index (κ2) is 9.92. The summed E-state index contributed by atoms with van der Waals surface area (Å²) in [5.41, 5.74) is 12.5. The molecule has 0 saturated carbocycles. The second-order valence-electron chi connectivity index (χ2n) is 16.3. The molecule has 5 aromatic carbocycles. The Bertz CT molecular complexity index is 2640. The molecule has 0 aliphatic carbocycles. The van der Waals surface area contributed by atoms with Crippen molar-refractivity contribution in [1.29, 1.82) is 0 Å². The molecule has 2 aliphatic heterocycles. The Balaban J connectivity index is 1.45. The van der Waals surface area contributed by atoms with Crippen molar-refractivity contribution in [3.63, 3.8) is 0 Å². The number of aromatic nitrogens is 3. The zero-order valence-corrected chi connectivity index (χ0v) is 30.6. The van der Waals surface area contributed by atoms with Crippen molar-refractivity contribution >= 4 is 46.2 Å². The van der Waals surface area contributed by atoms with Crippen LogP contribution in [0.2, 0.25) is 19.6 Å². The van der Waals surface area contributed by atoms with E-state index in [1.807, 2.05) is 0 Å². The van der Waals surface area contributed by atoms with Gasteiger partial charge < -0.3 is 4.42 Å². The van der Waals surface area contributed by atoms with Crippen molar-refractivity contribution in [2.45, 2.75) is 58.0 Å². The van der Waals surface area contributed by atoms with Crippen LogP contribution in [0.25, 0.3) is 55.6 Å². The van der Waals surface area contributed by atoms with Gasteiger partial charge in [0.15, 0.2) is 22.8 Å². The van der Waals surface area contributed by atoms with Crippen LogP contribution in [-0.4, -0.2) is 12.6 Å². The Morgan fingerprint density at radius 2 is 1.50 bits per heavy atom. The van der Waals surface area contributed by atoms with E-state index in [1.165, 1.54) is 61.1 Å². The number of imidazole rings is 1. The normalized spacial score (nSPS) is 16.4. The fourth-order valence-electron chi connectivity index (χ4n) is 8.74. The van der Waals surface area contributed by atoms with Crippen molar-refractivity contribution in [1.82, 2.24) is 4.57 Å². The van der Waals surface area contributed by atoms with Crippen LogP contribution in [0.1, 0.15) is 43.0 Å². The number of hydrogen-bond acceptors (Lipinski definition) is 1. The first-order valence-corrected chi connectivity index (χ1v) is 21.3. The predicted molar refractivity (Wildman–Crippen MR) is 206 cm³/mol. The number of nitrogens with zero attached hydrogens (tertiary/aromatic N) is 3. The van der Waals surface area contributed by atoms with E-state index in [9.17, 15) is 0 Å². The Morgan fingerprint density at radius 3 is 2.30 bits per heavy atom. The fourth-order valence-corrected chi connectivity index (χ4v) is 9.84. The van der Waals surface area contributed by atoms with Crippen LogP contribution in [-0.2, 0) is 17.6 Å². The lowest BCUT2D eigenvalue weighted by molar-refractivity contribution is -0.734. The molecule has 50 heavy (non-hydrogen) atoms. The van der Waals surface area contributed by atoms with Gasteiger partial charge in [-0.3, -0.25) is 0 Å². The molecule has 0 radical (unpaired) electrons. The quantitative estimate of drug-likeness (QED) is 0.136. The van der Waals surface area contributed by atoms with Gasteiger partial charge in [0.05, 0.1) is 24.8 Å². The number of pyridine rings is 1. The monoisotopic (exact) mass is 667 g/mol. The van der Waals surface area contributed by atoms with Gasteiger partial charge in [-0.15, -0.1) is 4.57 Å². The summed E-state index contributed by atoms with van der Waals surface area (Å²) < 4.78 is 14.8. The van der Waals surface area contributed by atoms with E-state index in [4.69, 9.17) is 4.42 Å². The van der Waals surface area contributed by atoms with Crippen LogP contribution in [0.5, 0.6) is 0 Å². The number of hydrogen-bond donors (Lipinski definition) is 0. The van der Waals surface area contributed by atoms with Crippen LogP contribution >= 0.6 is 0 Å². The highest BCUT2D eigenvalue weighted by molar-refractivity contribution is 6.88. The maximum Gasteiger partial charge on any atom is 0.364 e. The molecule has 3 aromatic heterocycles. The summed E-state index contributed by atoms with van der Waals surface area (Å²) in [6, 6.07) is 45.1. The van der Waals surface area contributed by atoms with E-state index in [0.717, 1.165) is 28.5 Å². The lowest BCUT2D eigenvalue weighted by atomic mass is 9.82. The molecule has 0 saturated heterocycles. The van der Waals surface area contributed by atoms with Crippen molar-refractivity contribution in [2.24, 2.45) is 0 Å². The summed E-state index contributed by atoms with van der Waals surface area (Å²) >= 11 is 0. The summed E-state index contributed by atoms with van der Waals surface area (Å²) in [5, 5.41) is 3.75. The Hall–Kier alpha value is -5.26. The third-order valence-corrected chi connectivity index (χ3v) is 13.3. The molecule has 0 N–H and O–H groups in total. The van der Waals surface area contributed by atoms with Crippen LogP contribution in [0.3, 0.4) is 0 Å². The SMILES string of the molecule is CC(C)(C)c1ccc2c(c1)C1(c3ccc4c(oc5ccccc54)c3-c3n1c1ccccc1[n+]3Cc1ccccc1)[n+]1cc([Si](C)(C)C)ccc1-2. The average molecular weight is 668 g/mol. The summed E-state index contributed by atoms with van der Waals surface area (Å²) in [5.74, 6) is 1.18. The first-order valence-electron chi connectivity index (χ1n) is 17.8. The van der Waals surface area contributed by atoms with Crippen LogP contribution in [0.15, 0.2) is 132 Å². The number of rotatable bonds is 3. The first kappa shape index (κ1) is 29.6. The molecule has 10 rings (SSSR count). The van der Waals surface area contributed by atoms with Gasteiger partial charge in [-0.25, -0.2) is 4.57 Å². The third kappa shape index (κ3) is 3.81. The Kier molecular flexibility index (Phi) is 5.88. The lowest BCUT2D eigenvalue weighted by Crippen LogP contribution is -2.61. The smallest absolute Gasteiger partial charge is 0.364 e. The summed E-state index contributed by atoms with van der Waals surface area (Å²) in [6.45, 7) is 15.1. The standard InChI is InChI=1S/C45H41N3OSi/c1-44(2,3)30-20-22-34-36(26-30)45(47-28-31(50(4,5)6)21-25-37(34)47)35-24-23-33-32-16-10-13-19-40(32)49-42(33)41(35)43-46(27-29-14-8-7-9-15-29)38-17-11-12-18-39(38)48(43)45/h7-26,28H,27H2,1-6H3/q+2. The van der Waals surface area contributed by atoms with Crippen LogP contribution in [0, 0.1) is 0 Å². The molecule has 244 valence electrons. The molecule has 2 aliphatic rings. The summed E-state index contributed by atoms with van der Waals surface area (Å²) in [4.78, 5) is 0. The van der Waals surface area contributed by atoms with Gasteiger partial charge in [0, 0.05) is 22.0 Å². The number of furan rings is 1. The van der Waals surface area contributed by atoms with Crippen molar-refractivity contribution in [3.8, 4) is 22.6 Å². The van der Waals surface area contributed by atoms with Crippen molar-refractivity contribution in [2.75, 3.05) is 0 Å². The molecule has 0 fully saturated rings. The van der Waals surface area contributed by atoms with Gasteiger partial charge in [-0.1, -0.05) is 113 Å². The predicted octanol–water partition coefficient (Wildman–Crippen LogP) is 9.27. The maximum absolute atomic E-state index is 6.96. The van der Waals surface area contributed by atoms with Gasteiger partial charge >= 0.3 is 11.5 Å². The largest absolute Gasteiger partial charge is 0.455 e. The van der Waals surface area contributed by atoms with Crippen LogP contribution < -0.4 is 14.3 Å². The van der Waals surface area contributed by atoms with E-state index in [0.29, 0.717) is 0 Å². The van der Waals surface area contributed by atoms with E-state index >= 15 is 0 Å². The molecule has 8 aromatic rings. The zero-order valence-electron chi connectivity index (χ0n) is 29.6. The van der Waals surface area contributed by atoms with Gasteiger partial charge in [0.2, 0.25) is 5.69 Å². The maximum atomic E-state index is 6.96. The van der Waals surface area contributed by atoms with Crippen molar-refractivity contribution in [3.05, 3.63) is 150 Å². The third-order valence-electron chi connectivity index (χ3n) is 11.2. The van der Waals surface area contributed by atoms with E-state index in [1.54, 1.807) is 0 Å². The Morgan fingerprint density at radius 1 is 0.740 bits per heavy atom. The van der Waals surface area contributed by atoms with Gasteiger partial charge in [-0.05, 0) is 59.0 Å². The minimum Gasteiger partial charge on any atom is -0.455 e. The molecule has 1 atom stereocenters. The molecule has 1 spiro atoms. The molecule has 1 unspecified atom stereocenters. The highest BCUT2D eigenvalue weighted by Gasteiger charge is 2.67. The minimum absolute atomic E-state index is 0.0158. The molecular formula is C45H41N3OSi+2. The van der Waals surface area contributed by atoms with Gasteiger partial charge in [-0.2, -0.15) is 4.57 Å². The Labute approximate surface area is 293 Å². The zero-order chi connectivity index (χ0) is 34.2. The fraction of sp³-hybridized carbons (Fsp3) is 0.200. The highest BCUT2D eigenvalue weighted by Crippen LogP contribution is 2.55. The molecule has 0 bridgehead atoms. The van der Waals surface area contributed by atoms with Gasteiger partial charge in [0.25, 0.3) is 0 Å². The van der Waals surface area contributed by atoms with Crippen LogP contribution in [0.4, 0.5) is 0 Å². The molecule has 5 heterocycles. The van der Waals surface area contributed by atoms with E-state index in [-0.39, 0.29) is 5.41 Å². The highest BCUT2D eigenvalue weighted by atomic mass is 28.3. The minimum atomic E-state index is -1.69. The summed E-state index contributed by atoms with van der Waals surface area (Å²) in [6.07, 6.45) is 2.50. The number of para-hydroxylation sites is 3. The van der Waals surface area contributed by atoms with Gasteiger partial charge in [0.1, 0.15) is 17.7 Å². The topological polar surface area (TPSA) is 25.8 Å². The molecule has 5 heteroatoms. The van der Waals surface area contributed by atoms with E-state index in [2.05, 4.69) is 182 Å². The first-order chi connectivity index (χ1) is 24.1. The number of benzene rings is 5. The molecule has 0 amide bonds. The van der Waals surface area contributed by atoms with Crippen molar-refractivity contribution < 1.29 is 13.6 Å². The summed E-state index contributed by atoms with van der Waals surface area (Å²) in [7, 11) is -1.69. The number of fused-ring (bicyclic) bond motifs is 16. The lowest BCUT2D eigenvalue weighted by Gasteiger charge is -2.24. The molecule has 4 nitrogen and oxygen atoms in total. The van der Waals surface area contributed by atoms with E-state index < -0.39 is 13.7 Å². The average Bonchev–Trinajstić information content (AvgIpc) is 3.81. The molecular weight excluding hydrogens is 627 g/mol.